The largest absolute Gasteiger partial charge is 0.469 e. The van der Waals surface area contributed by atoms with Crippen molar-refractivity contribution in [2.45, 2.75) is 31.7 Å². The highest BCUT2D eigenvalue weighted by molar-refractivity contribution is 5.94. The molecule has 21 heavy (non-hydrogen) atoms. The third kappa shape index (κ3) is 3.02. The van der Waals surface area contributed by atoms with Gasteiger partial charge in [0, 0.05) is 20.2 Å². The maximum absolute atomic E-state index is 12.8. The Morgan fingerprint density at radius 1 is 1.38 bits per heavy atom. The Morgan fingerprint density at radius 3 is 2.62 bits per heavy atom. The maximum Gasteiger partial charge on any atom is 0.308 e. The van der Waals surface area contributed by atoms with Gasteiger partial charge >= 0.3 is 5.97 Å². The second-order valence-corrected chi connectivity index (χ2v) is 5.65. The van der Waals surface area contributed by atoms with Crippen LogP contribution in [0.2, 0.25) is 0 Å². The summed E-state index contributed by atoms with van der Waals surface area (Å²) < 4.78 is 9.81. The number of esters is 1. The standard InChI is InChI=1S/C14H22N2O5/c1-20-9-14(4-3-5-14)13(19)16-7-6-15-12(18)10(16)8-11(17)21-2/h10H,3-9H2,1-2H3,(H,15,18). The molecule has 1 unspecified atom stereocenters. The molecule has 0 aromatic heterocycles. The van der Waals surface area contributed by atoms with E-state index < -0.39 is 17.4 Å². The van der Waals surface area contributed by atoms with Gasteiger partial charge in [0.25, 0.3) is 0 Å². The van der Waals surface area contributed by atoms with Crippen molar-refractivity contribution < 1.29 is 23.9 Å². The number of ether oxygens (including phenoxy) is 2. The van der Waals surface area contributed by atoms with E-state index in [-0.39, 0.29) is 18.2 Å². The molecule has 0 radical (unpaired) electrons. The molecular formula is C14H22N2O5. The van der Waals surface area contributed by atoms with Crippen molar-refractivity contribution in [3.8, 4) is 0 Å². The summed E-state index contributed by atoms with van der Waals surface area (Å²) in [5.74, 6) is -0.879. The molecule has 1 saturated carbocycles. The highest BCUT2D eigenvalue weighted by Crippen LogP contribution is 2.43. The lowest BCUT2D eigenvalue weighted by Crippen LogP contribution is -2.62. The van der Waals surface area contributed by atoms with Crippen LogP contribution in [-0.4, -0.2) is 62.6 Å². The van der Waals surface area contributed by atoms with Crippen LogP contribution in [0.4, 0.5) is 0 Å². The van der Waals surface area contributed by atoms with E-state index in [2.05, 4.69) is 10.1 Å². The van der Waals surface area contributed by atoms with Crippen LogP contribution in [0, 0.1) is 5.41 Å². The van der Waals surface area contributed by atoms with Gasteiger partial charge in [-0.2, -0.15) is 0 Å². The van der Waals surface area contributed by atoms with Gasteiger partial charge in [0.15, 0.2) is 0 Å². The van der Waals surface area contributed by atoms with Gasteiger partial charge in [0.05, 0.1) is 25.6 Å². The smallest absolute Gasteiger partial charge is 0.308 e. The van der Waals surface area contributed by atoms with E-state index in [1.165, 1.54) is 12.0 Å². The van der Waals surface area contributed by atoms with E-state index in [0.29, 0.717) is 19.7 Å². The average Bonchev–Trinajstić information content (AvgIpc) is 2.44. The van der Waals surface area contributed by atoms with Crippen molar-refractivity contribution >= 4 is 17.8 Å². The first-order chi connectivity index (χ1) is 10.0. The van der Waals surface area contributed by atoms with E-state index in [0.717, 1.165) is 19.3 Å². The predicted octanol–water partition coefficient (Wildman–Crippen LogP) is -0.307. The number of carbonyl (C=O) groups is 3. The topological polar surface area (TPSA) is 84.9 Å². The average molecular weight is 298 g/mol. The molecule has 0 aromatic rings. The van der Waals surface area contributed by atoms with Gasteiger partial charge in [-0.15, -0.1) is 0 Å². The Hall–Kier alpha value is -1.63. The Bertz CT molecular complexity index is 433. The molecule has 0 aromatic carbocycles. The van der Waals surface area contributed by atoms with E-state index in [1.54, 1.807) is 7.11 Å². The molecule has 2 amide bonds. The van der Waals surface area contributed by atoms with E-state index >= 15 is 0 Å². The molecule has 1 heterocycles. The Labute approximate surface area is 123 Å². The Kier molecular flexibility index (Phi) is 4.82. The van der Waals surface area contributed by atoms with Gasteiger partial charge in [0.1, 0.15) is 6.04 Å². The zero-order chi connectivity index (χ0) is 15.5. The van der Waals surface area contributed by atoms with Crippen molar-refractivity contribution in [1.29, 1.82) is 0 Å². The minimum absolute atomic E-state index is 0.0839. The van der Waals surface area contributed by atoms with Crippen LogP contribution in [0.15, 0.2) is 0 Å². The quantitative estimate of drug-likeness (QED) is 0.704. The van der Waals surface area contributed by atoms with Crippen LogP contribution >= 0.6 is 0 Å². The van der Waals surface area contributed by atoms with E-state index in [4.69, 9.17) is 4.74 Å². The fourth-order valence-corrected chi connectivity index (χ4v) is 3.01. The normalized spacial score (nSPS) is 24.0. The van der Waals surface area contributed by atoms with Crippen molar-refractivity contribution in [2.75, 3.05) is 33.9 Å². The predicted molar refractivity (Wildman–Crippen MR) is 73.3 cm³/mol. The van der Waals surface area contributed by atoms with Gasteiger partial charge in [0.2, 0.25) is 11.8 Å². The number of hydrogen-bond acceptors (Lipinski definition) is 5. The molecule has 1 atom stereocenters. The number of piperazine rings is 1. The van der Waals surface area contributed by atoms with E-state index in [9.17, 15) is 14.4 Å². The van der Waals surface area contributed by atoms with Gasteiger partial charge in [-0.1, -0.05) is 6.42 Å². The number of rotatable bonds is 5. The second kappa shape index (κ2) is 6.43. The fourth-order valence-electron chi connectivity index (χ4n) is 3.01. The summed E-state index contributed by atoms with van der Waals surface area (Å²) in [6.07, 6.45) is 2.40. The molecule has 1 N–H and O–H groups in total. The molecule has 2 rings (SSSR count). The SMILES string of the molecule is COCC1(C(=O)N2CCNC(=O)C2CC(=O)OC)CCC1. The first-order valence-corrected chi connectivity index (χ1v) is 7.18. The highest BCUT2D eigenvalue weighted by Gasteiger charge is 2.49. The molecule has 2 fully saturated rings. The van der Waals surface area contributed by atoms with Crippen LogP contribution in [0.5, 0.6) is 0 Å². The molecule has 2 aliphatic rings. The van der Waals surface area contributed by atoms with E-state index in [1.807, 2.05) is 0 Å². The first kappa shape index (κ1) is 15.8. The summed E-state index contributed by atoms with van der Waals surface area (Å²) in [5.41, 5.74) is -0.527. The van der Waals surface area contributed by atoms with Crippen LogP contribution in [0.1, 0.15) is 25.7 Å². The van der Waals surface area contributed by atoms with Crippen LogP contribution in [0.3, 0.4) is 0 Å². The number of hydrogen-bond donors (Lipinski definition) is 1. The van der Waals surface area contributed by atoms with Gasteiger partial charge < -0.3 is 19.7 Å². The zero-order valence-electron chi connectivity index (χ0n) is 12.5. The summed E-state index contributed by atoms with van der Waals surface area (Å²) in [5, 5.41) is 2.69. The van der Waals surface area contributed by atoms with Crippen LogP contribution < -0.4 is 5.32 Å². The molecular weight excluding hydrogens is 276 g/mol. The summed E-state index contributed by atoms with van der Waals surface area (Å²) in [4.78, 5) is 37.8. The second-order valence-electron chi connectivity index (χ2n) is 5.65. The summed E-state index contributed by atoms with van der Waals surface area (Å²) in [6, 6.07) is -0.784. The maximum atomic E-state index is 12.8. The third-order valence-electron chi connectivity index (χ3n) is 4.36. The molecule has 7 heteroatoms. The number of nitrogens with zero attached hydrogens (tertiary/aromatic N) is 1. The molecule has 1 saturated heterocycles. The van der Waals surface area contributed by atoms with Crippen molar-refractivity contribution in [2.24, 2.45) is 5.41 Å². The van der Waals surface area contributed by atoms with Crippen molar-refractivity contribution in [1.82, 2.24) is 10.2 Å². The molecule has 1 aliphatic carbocycles. The fraction of sp³-hybridized carbons (Fsp3) is 0.786. The molecule has 7 nitrogen and oxygen atoms in total. The number of amides is 2. The summed E-state index contributed by atoms with van der Waals surface area (Å²) in [7, 11) is 2.84. The van der Waals surface area contributed by atoms with Crippen LogP contribution in [0.25, 0.3) is 0 Å². The van der Waals surface area contributed by atoms with Gasteiger partial charge in [-0.05, 0) is 12.8 Å². The Morgan fingerprint density at radius 2 is 2.10 bits per heavy atom. The minimum Gasteiger partial charge on any atom is -0.469 e. The third-order valence-corrected chi connectivity index (χ3v) is 4.36. The zero-order valence-corrected chi connectivity index (χ0v) is 12.5. The first-order valence-electron chi connectivity index (χ1n) is 7.18. The number of methoxy groups -OCH3 is 2. The molecule has 0 spiro atoms. The number of carbonyl (C=O) groups excluding carboxylic acids is 3. The molecule has 0 bridgehead atoms. The lowest BCUT2D eigenvalue weighted by molar-refractivity contribution is -0.161. The van der Waals surface area contributed by atoms with Gasteiger partial charge in [-0.3, -0.25) is 14.4 Å². The lowest BCUT2D eigenvalue weighted by Gasteiger charge is -2.46. The highest BCUT2D eigenvalue weighted by atomic mass is 16.5. The molecule has 1 aliphatic heterocycles. The van der Waals surface area contributed by atoms with Crippen molar-refractivity contribution in [3.63, 3.8) is 0 Å². The summed E-state index contributed by atoms with van der Waals surface area (Å²) >= 11 is 0. The van der Waals surface area contributed by atoms with Crippen molar-refractivity contribution in [3.05, 3.63) is 0 Å². The number of nitrogens with one attached hydrogen (secondary N) is 1. The Balaban J connectivity index is 2.15. The molecule has 118 valence electrons. The minimum atomic E-state index is -0.784. The lowest BCUT2D eigenvalue weighted by atomic mass is 9.68. The van der Waals surface area contributed by atoms with Gasteiger partial charge in [-0.25, -0.2) is 0 Å². The summed E-state index contributed by atoms with van der Waals surface area (Å²) in [6.45, 7) is 1.18. The van der Waals surface area contributed by atoms with Crippen LogP contribution in [-0.2, 0) is 23.9 Å². The monoisotopic (exact) mass is 298 g/mol.